The van der Waals surface area contributed by atoms with Crippen LogP contribution in [0.5, 0.6) is 0 Å². The molecular weight excluding hydrogens is 340 g/mol. The lowest BCUT2D eigenvalue weighted by Crippen LogP contribution is -2.39. The Labute approximate surface area is 177 Å². The second-order valence-electron chi connectivity index (χ2n) is 9.50. The van der Waals surface area contributed by atoms with Gasteiger partial charge in [-0.15, -0.1) is 0 Å². The maximum atomic E-state index is 2.81. The van der Waals surface area contributed by atoms with E-state index in [2.05, 4.69) is 16.4 Å². The van der Waals surface area contributed by atoms with Gasteiger partial charge in [-0.2, -0.15) is 0 Å². The minimum absolute atomic E-state index is 1.32. The number of amidine groups is 1. The largest absolute Gasteiger partial charge is 0.266 e. The topological polar surface area (TPSA) is 6.25 Å². The van der Waals surface area contributed by atoms with Crippen molar-refractivity contribution < 1.29 is 4.58 Å². The number of rotatable bonds is 13. The Bertz CT molecular complexity index is 401. The molecule has 0 N–H and O–H groups in total. The normalized spacial score (nSPS) is 19.0. The van der Waals surface area contributed by atoms with Gasteiger partial charge >= 0.3 is 0 Å². The fraction of sp³-hybridized carbons (Fsp3) is 0.962. The minimum atomic E-state index is 1.32. The van der Waals surface area contributed by atoms with E-state index in [9.17, 15) is 0 Å². The number of hydrogen-bond acceptors (Lipinski definition) is 1. The zero-order valence-electron chi connectivity index (χ0n) is 19.4. The summed E-state index contributed by atoms with van der Waals surface area (Å²) in [6, 6.07) is 0. The van der Waals surface area contributed by atoms with Gasteiger partial charge in [0.2, 0.25) is 5.84 Å². The first-order chi connectivity index (χ1) is 13.9. The van der Waals surface area contributed by atoms with E-state index < -0.39 is 0 Å². The van der Waals surface area contributed by atoms with Crippen LogP contribution < -0.4 is 0 Å². The number of nitrogens with zero attached hydrogens (tertiary/aromatic N) is 2. The smallest absolute Gasteiger partial charge is 0.246 e. The van der Waals surface area contributed by atoms with Gasteiger partial charge in [0.05, 0.1) is 26.2 Å². The first-order valence-corrected chi connectivity index (χ1v) is 13.3. The quantitative estimate of drug-likeness (QED) is 0.232. The molecule has 2 heterocycles. The first kappa shape index (κ1) is 23.7. The molecule has 0 aromatic carbocycles. The van der Waals surface area contributed by atoms with Crippen LogP contribution in [0, 0.1) is 0 Å². The molecule has 0 atom stereocenters. The lowest BCUT2D eigenvalue weighted by atomic mass is 10.1. The summed E-state index contributed by atoms with van der Waals surface area (Å²) in [6.45, 7) is 7.60. The Morgan fingerprint density at radius 2 is 1.14 bits per heavy atom. The van der Waals surface area contributed by atoms with Gasteiger partial charge in [-0.05, 0) is 57.8 Å². The molecule has 0 fully saturated rings. The highest BCUT2D eigenvalue weighted by Gasteiger charge is 2.24. The second-order valence-corrected chi connectivity index (χ2v) is 9.50. The molecule has 28 heavy (non-hydrogen) atoms. The van der Waals surface area contributed by atoms with Gasteiger partial charge in [0.25, 0.3) is 0 Å². The van der Waals surface area contributed by atoms with E-state index in [0.29, 0.717) is 0 Å². The van der Waals surface area contributed by atoms with Crippen LogP contribution in [0.25, 0.3) is 0 Å². The summed E-state index contributed by atoms with van der Waals surface area (Å²) in [5, 5.41) is 0. The third-order valence-electron chi connectivity index (χ3n) is 6.95. The van der Waals surface area contributed by atoms with Crippen LogP contribution in [0.3, 0.4) is 0 Å². The van der Waals surface area contributed by atoms with Crippen molar-refractivity contribution in [1.29, 1.82) is 0 Å². The van der Waals surface area contributed by atoms with Crippen LogP contribution >= 0.6 is 0 Å². The molecule has 0 amide bonds. The van der Waals surface area contributed by atoms with E-state index >= 15 is 0 Å². The Balaban J connectivity index is 1.57. The molecule has 0 aromatic rings. The van der Waals surface area contributed by atoms with E-state index in [1.165, 1.54) is 155 Å². The highest BCUT2D eigenvalue weighted by molar-refractivity contribution is 5.77. The maximum Gasteiger partial charge on any atom is 0.246 e. The maximum absolute atomic E-state index is 2.81. The van der Waals surface area contributed by atoms with E-state index in [1.807, 2.05) is 0 Å². The molecule has 2 rings (SSSR count). The molecule has 0 aliphatic carbocycles. The van der Waals surface area contributed by atoms with Gasteiger partial charge in [-0.1, -0.05) is 71.1 Å². The molecule has 2 aliphatic heterocycles. The van der Waals surface area contributed by atoms with Crippen LogP contribution in [-0.4, -0.2) is 41.5 Å². The average molecular weight is 392 g/mol. The van der Waals surface area contributed by atoms with Gasteiger partial charge in [-0.3, -0.25) is 9.48 Å². The van der Waals surface area contributed by atoms with Gasteiger partial charge in [0.15, 0.2) is 0 Å². The zero-order chi connectivity index (χ0) is 19.7. The SMILES string of the molecule is CCCCCCCCCCCCCCN1CCCCCC[N+]2=C1CCCCC2. The summed E-state index contributed by atoms with van der Waals surface area (Å²) in [6.07, 6.45) is 28.8. The molecule has 0 radical (unpaired) electrons. The van der Waals surface area contributed by atoms with Crippen molar-refractivity contribution in [2.24, 2.45) is 0 Å². The van der Waals surface area contributed by atoms with Crippen molar-refractivity contribution in [3.63, 3.8) is 0 Å². The third-order valence-corrected chi connectivity index (χ3v) is 6.95. The lowest BCUT2D eigenvalue weighted by Gasteiger charge is -2.21. The molecule has 164 valence electrons. The molecule has 0 spiro atoms. The molecule has 0 aromatic heterocycles. The zero-order valence-corrected chi connectivity index (χ0v) is 19.4. The van der Waals surface area contributed by atoms with E-state index in [0.717, 1.165) is 0 Å². The first-order valence-electron chi connectivity index (χ1n) is 13.3. The Morgan fingerprint density at radius 3 is 1.79 bits per heavy atom. The van der Waals surface area contributed by atoms with E-state index in [-0.39, 0.29) is 0 Å². The molecule has 0 saturated carbocycles. The molecule has 2 heteroatoms. The molecular formula is C26H51N2+. The third kappa shape index (κ3) is 10.3. The number of hydrogen-bond donors (Lipinski definition) is 0. The van der Waals surface area contributed by atoms with Crippen LogP contribution in [0.2, 0.25) is 0 Å². The Kier molecular flexibility index (Phi) is 13.8. The van der Waals surface area contributed by atoms with Gasteiger partial charge in [0.1, 0.15) is 0 Å². The summed E-state index contributed by atoms with van der Waals surface area (Å²) in [7, 11) is 0. The minimum Gasteiger partial charge on any atom is -0.266 e. The van der Waals surface area contributed by atoms with Crippen molar-refractivity contribution in [2.75, 3.05) is 26.2 Å². The Hall–Kier alpha value is -0.530. The predicted octanol–water partition coefficient (Wildman–Crippen LogP) is 7.55. The molecule has 2 nitrogen and oxygen atoms in total. The highest BCUT2D eigenvalue weighted by Crippen LogP contribution is 2.17. The van der Waals surface area contributed by atoms with Crippen molar-refractivity contribution in [3.8, 4) is 0 Å². The monoisotopic (exact) mass is 391 g/mol. The van der Waals surface area contributed by atoms with Crippen LogP contribution in [0.1, 0.15) is 135 Å². The van der Waals surface area contributed by atoms with Crippen molar-refractivity contribution >= 4 is 5.84 Å². The van der Waals surface area contributed by atoms with Gasteiger partial charge in [0, 0.05) is 6.42 Å². The summed E-state index contributed by atoms with van der Waals surface area (Å²) >= 11 is 0. The summed E-state index contributed by atoms with van der Waals surface area (Å²) in [5.41, 5.74) is 0. The molecule has 0 unspecified atom stereocenters. The summed E-state index contributed by atoms with van der Waals surface area (Å²) in [5.74, 6) is 1.72. The van der Waals surface area contributed by atoms with Crippen LogP contribution in [0.15, 0.2) is 0 Å². The average Bonchev–Trinajstić information content (AvgIpc) is 2.90. The van der Waals surface area contributed by atoms with Gasteiger partial charge in [-0.25, -0.2) is 0 Å². The second kappa shape index (κ2) is 16.3. The summed E-state index contributed by atoms with van der Waals surface area (Å²) < 4.78 is 2.78. The fourth-order valence-corrected chi connectivity index (χ4v) is 5.12. The van der Waals surface area contributed by atoms with Gasteiger partial charge < -0.3 is 0 Å². The van der Waals surface area contributed by atoms with E-state index in [4.69, 9.17) is 0 Å². The van der Waals surface area contributed by atoms with Crippen molar-refractivity contribution in [3.05, 3.63) is 0 Å². The fourth-order valence-electron chi connectivity index (χ4n) is 5.12. The highest BCUT2D eigenvalue weighted by atomic mass is 15.2. The lowest BCUT2D eigenvalue weighted by molar-refractivity contribution is -0.533. The van der Waals surface area contributed by atoms with Crippen molar-refractivity contribution in [2.45, 2.75) is 135 Å². The van der Waals surface area contributed by atoms with Crippen molar-refractivity contribution in [1.82, 2.24) is 4.90 Å². The van der Waals surface area contributed by atoms with E-state index in [1.54, 1.807) is 5.84 Å². The molecule has 2 aliphatic rings. The molecule has 0 saturated heterocycles. The Morgan fingerprint density at radius 1 is 0.607 bits per heavy atom. The standard InChI is InChI=1S/C26H51N2/c1-2-3-4-5-6-7-8-9-10-11-12-17-22-27-23-18-13-14-19-24-28-25-20-15-16-21-26(27)28/h2-25H2,1H3/q+1. The van der Waals surface area contributed by atoms with Crippen LogP contribution in [-0.2, 0) is 0 Å². The number of unbranched alkanes of at least 4 members (excludes halogenated alkanes) is 11. The summed E-state index contributed by atoms with van der Waals surface area (Å²) in [4.78, 5) is 2.81. The van der Waals surface area contributed by atoms with Crippen LogP contribution in [0.4, 0.5) is 0 Å². The predicted molar refractivity (Wildman–Crippen MR) is 125 cm³/mol. The molecule has 0 bridgehead atoms.